The van der Waals surface area contributed by atoms with Gasteiger partial charge in [-0.15, -0.1) is 0 Å². The standard InChI is InChI=1S/C19H21FN2O/c1-14-5-2-3-6-15(14)12-19(23)22-10-9-21-13-18(22)16-7-4-8-17(20)11-16/h2-8,11,18,21H,9-10,12-13H2,1H3. The Balaban J connectivity index is 1.81. The van der Waals surface area contributed by atoms with Gasteiger partial charge in [-0.1, -0.05) is 36.4 Å². The molecule has 120 valence electrons. The van der Waals surface area contributed by atoms with E-state index in [1.54, 1.807) is 6.07 Å². The number of hydrogen-bond acceptors (Lipinski definition) is 2. The number of carbonyl (C=O) groups is 1. The van der Waals surface area contributed by atoms with Crippen LogP contribution in [-0.2, 0) is 11.2 Å². The van der Waals surface area contributed by atoms with Crippen LogP contribution in [0.5, 0.6) is 0 Å². The van der Waals surface area contributed by atoms with E-state index in [4.69, 9.17) is 0 Å². The molecule has 2 aromatic carbocycles. The summed E-state index contributed by atoms with van der Waals surface area (Å²) in [7, 11) is 0. The van der Waals surface area contributed by atoms with Crippen molar-refractivity contribution in [3.05, 3.63) is 71.0 Å². The van der Waals surface area contributed by atoms with Crippen molar-refractivity contribution in [2.24, 2.45) is 0 Å². The first-order valence-corrected chi connectivity index (χ1v) is 7.95. The Morgan fingerprint density at radius 1 is 1.26 bits per heavy atom. The van der Waals surface area contributed by atoms with Crippen molar-refractivity contribution in [3.63, 3.8) is 0 Å². The van der Waals surface area contributed by atoms with Gasteiger partial charge >= 0.3 is 0 Å². The highest BCUT2D eigenvalue weighted by Gasteiger charge is 2.28. The first-order chi connectivity index (χ1) is 11.1. The molecule has 1 aliphatic rings. The van der Waals surface area contributed by atoms with E-state index >= 15 is 0 Å². The van der Waals surface area contributed by atoms with Gasteiger partial charge in [0.05, 0.1) is 12.5 Å². The molecule has 1 amide bonds. The van der Waals surface area contributed by atoms with Crippen LogP contribution in [0.15, 0.2) is 48.5 Å². The van der Waals surface area contributed by atoms with E-state index in [1.807, 2.05) is 42.2 Å². The van der Waals surface area contributed by atoms with Crippen molar-refractivity contribution in [2.75, 3.05) is 19.6 Å². The predicted molar refractivity (Wildman–Crippen MR) is 88.6 cm³/mol. The summed E-state index contributed by atoms with van der Waals surface area (Å²) >= 11 is 0. The summed E-state index contributed by atoms with van der Waals surface area (Å²) in [5.74, 6) is -0.172. The van der Waals surface area contributed by atoms with Crippen LogP contribution in [0.2, 0.25) is 0 Å². The summed E-state index contributed by atoms with van der Waals surface area (Å²) in [6.45, 7) is 4.09. The number of rotatable bonds is 3. The molecule has 0 radical (unpaired) electrons. The van der Waals surface area contributed by atoms with E-state index in [2.05, 4.69) is 5.32 Å². The number of nitrogens with one attached hydrogen (secondary N) is 1. The van der Waals surface area contributed by atoms with Crippen LogP contribution < -0.4 is 5.32 Å². The van der Waals surface area contributed by atoms with Crippen molar-refractivity contribution in [1.29, 1.82) is 0 Å². The van der Waals surface area contributed by atoms with Gasteiger partial charge in [0.1, 0.15) is 5.82 Å². The predicted octanol–water partition coefficient (Wildman–Crippen LogP) is 2.85. The molecule has 0 saturated carbocycles. The molecule has 1 unspecified atom stereocenters. The highest BCUT2D eigenvalue weighted by Crippen LogP contribution is 2.24. The number of aryl methyl sites for hydroxylation is 1. The van der Waals surface area contributed by atoms with Crippen LogP contribution >= 0.6 is 0 Å². The molecule has 23 heavy (non-hydrogen) atoms. The van der Waals surface area contributed by atoms with Crippen molar-refractivity contribution in [3.8, 4) is 0 Å². The second-order valence-corrected chi connectivity index (χ2v) is 5.97. The molecular weight excluding hydrogens is 291 g/mol. The molecular formula is C19H21FN2O. The van der Waals surface area contributed by atoms with Gasteiger partial charge in [0.2, 0.25) is 5.91 Å². The molecule has 0 spiro atoms. The van der Waals surface area contributed by atoms with E-state index in [1.165, 1.54) is 12.1 Å². The molecule has 1 N–H and O–H groups in total. The molecule has 1 atom stereocenters. The SMILES string of the molecule is Cc1ccccc1CC(=O)N1CCNCC1c1cccc(F)c1. The van der Waals surface area contributed by atoms with Gasteiger partial charge in [-0.05, 0) is 35.7 Å². The van der Waals surface area contributed by atoms with Gasteiger partial charge in [0.15, 0.2) is 0 Å². The quantitative estimate of drug-likeness (QED) is 0.945. The second kappa shape index (κ2) is 6.92. The number of piperazine rings is 1. The summed E-state index contributed by atoms with van der Waals surface area (Å²) in [5, 5.41) is 3.30. The first kappa shape index (κ1) is 15.7. The molecule has 1 aliphatic heterocycles. The lowest BCUT2D eigenvalue weighted by Gasteiger charge is -2.36. The van der Waals surface area contributed by atoms with Crippen LogP contribution in [-0.4, -0.2) is 30.4 Å². The molecule has 3 nitrogen and oxygen atoms in total. The van der Waals surface area contributed by atoms with E-state index in [0.29, 0.717) is 19.5 Å². The number of halogens is 1. The topological polar surface area (TPSA) is 32.3 Å². The van der Waals surface area contributed by atoms with Crippen molar-refractivity contribution in [1.82, 2.24) is 10.2 Å². The van der Waals surface area contributed by atoms with Gasteiger partial charge in [-0.3, -0.25) is 4.79 Å². The zero-order chi connectivity index (χ0) is 16.2. The van der Waals surface area contributed by atoms with Gasteiger partial charge in [0, 0.05) is 19.6 Å². The van der Waals surface area contributed by atoms with Crippen molar-refractivity contribution < 1.29 is 9.18 Å². The minimum atomic E-state index is -0.264. The average Bonchev–Trinajstić information content (AvgIpc) is 2.57. The maximum atomic E-state index is 13.5. The lowest BCUT2D eigenvalue weighted by Crippen LogP contribution is -2.49. The number of carbonyl (C=O) groups excluding carboxylic acids is 1. The van der Waals surface area contributed by atoms with Crippen LogP contribution in [0.3, 0.4) is 0 Å². The molecule has 0 aliphatic carbocycles. The first-order valence-electron chi connectivity index (χ1n) is 7.95. The number of benzene rings is 2. The lowest BCUT2D eigenvalue weighted by molar-refractivity contribution is -0.133. The Hall–Kier alpha value is -2.20. The van der Waals surface area contributed by atoms with Crippen LogP contribution in [0.4, 0.5) is 4.39 Å². The van der Waals surface area contributed by atoms with Gasteiger partial charge in [-0.2, -0.15) is 0 Å². The third-order valence-electron chi connectivity index (χ3n) is 4.40. The lowest BCUT2D eigenvalue weighted by atomic mass is 10.0. The third-order valence-corrected chi connectivity index (χ3v) is 4.40. The molecule has 0 aromatic heterocycles. The van der Waals surface area contributed by atoms with E-state index < -0.39 is 0 Å². The molecule has 4 heteroatoms. The third kappa shape index (κ3) is 3.59. The minimum absolute atomic E-state index is 0.0926. The molecule has 1 fully saturated rings. The Labute approximate surface area is 136 Å². The van der Waals surface area contributed by atoms with Gasteiger partial charge in [0.25, 0.3) is 0 Å². The van der Waals surface area contributed by atoms with Crippen LogP contribution in [0.1, 0.15) is 22.7 Å². The number of amides is 1. The fraction of sp³-hybridized carbons (Fsp3) is 0.316. The molecule has 1 saturated heterocycles. The average molecular weight is 312 g/mol. The molecule has 2 aromatic rings. The van der Waals surface area contributed by atoms with Gasteiger partial charge < -0.3 is 10.2 Å². The Kier molecular flexibility index (Phi) is 4.72. The molecule has 3 rings (SSSR count). The summed E-state index contributed by atoms with van der Waals surface area (Å²) in [6.07, 6.45) is 0.387. The fourth-order valence-corrected chi connectivity index (χ4v) is 3.09. The Morgan fingerprint density at radius 2 is 2.09 bits per heavy atom. The highest BCUT2D eigenvalue weighted by atomic mass is 19.1. The monoisotopic (exact) mass is 312 g/mol. The second-order valence-electron chi connectivity index (χ2n) is 5.97. The van der Waals surface area contributed by atoms with E-state index in [9.17, 15) is 9.18 Å². The fourth-order valence-electron chi connectivity index (χ4n) is 3.09. The molecule has 1 heterocycles. The van der Waals surface area contributed by atoms with E-state index in [0.717, 1.165) is 23.2 Å². The highest BCUT2D eigenvalue weighted by molar-refractivity contribution is 5.79. The zero-order valence-electron chi connectivity index (χ0n) is 13.3. The zero-order valence-corrected chi connectivity index (χ0v) is 13.3. The number of nitrogens with zero attached hydrogens (tertiary/aromatic N) is 1. The smallest absolute Gasteiger partial charge is 0.227 e. The number of hydrogen-bond donors (Lipinski definition) is 1. The van der Waals surface area contributed by atoms with Crippen LogP contribution in [0.25, 0.3) is 0 Å². The maximum Gasteiger partial charge on any atom is 0.227 e. The molecule has 0 bridgehead atoms. The largest absolute Gasteiger partial charge is 0.333 e. The Morgan fingerprint density at radius 3 is 2.87 bits per heavy atom. The van der Waals surface area contributed by atoms with Gasteiger partial charge in [-0.25, -0.2) is 4.39 Å². The summed E-state index contributed by atoms with van der Waals surface area (Å²) < 4.78 is 13.5. The van der Waals surface area contributed by atoms with Crippen molar-refractivity contribution in [2.45, 2.75) is 19.4 Å². The summed E-state index contributed by atoms with van der Waals surface area (Å²) in [6, 6.07) is 14.4. The summed E-state index contributed by atoms with van der Waals surface area (Å²) in [4.78, 5) is 14.7. The Bertz CT molecular complexity index is 701. The summed E-state index contributed by atoms with van der Waals surface area (Å²) in [5.41, 5.74) is 3.02. The van der Waals surface area contributed by atoms with E-state index in [-0.39, 0.29) is 17.8 Å². The minimum Gasteiger partial charge on any atom is -0.333 e. The maximum absolute atomic E-state index is 13.5. The van der Waals surface area contributed by atoms with Crippen molar-refractivity contribution >= 4 is 5.91 Å². The normalized spacial score (nSPS) is 18.0. The van der Waals surface area contributed by atoms with Crippen LogP contribution in [0, 0.1) is 12.7 Å².